The molecule has 1 aliphatic carbocycles. The fraction of sp³-hybridized carbons (Fsp3) is 0.571. The molecule has 1 aliphatic heterocycles. The van der Waals surface area contributed by atoms with Crippen LogP contribution >= 0.6 is 11.8 Å². The number of likely N-dealkylation sites (tertiary alicyclic amines) is 1. The molecule has 6 heteroatoms. The van der Waals surface area contributed by atoms with Crippen LogP contribution in [0.2, 0.25) is 0 Å². The molecule has 2 heterocycles. The van der Waals surface area contributed by atoms with Gasteiger partial charge in [0.2, 0.25) is 5.91 Å². The first-order valence-electron chi connectivity index (χ1n) is 10.2. The molecule has 2 aromatic rings. The van der Waals surface area contributed by atoms with E-state index in [-0.39, 0.29) is 17.5 Å². The summed E-state index contributed by atoms with van der Waals surface area (Å²) in [5.74, 6) is 0.523. The van der Waals surface area contributed by atoms with Gasteiger partial charge >= 0.3 is 0 Å². The van der Waals surface area contributed by atoms with Crippen LogP contribution in [0, 0.1) is 0 Å². The quantitative estimate of drug-likeness (QED) is 0.589. The summed E-state index contributed by atoms with van der Waals surface area (Å²) in [5, 5.41) is 1.38. The van der Waals surface area contributed by atoms with E-state index in [0.717, 1.165) is 57.1 Å². The molecule has 4 rings (SSSR count). The van der Waals surface area contributed by atoms with Crippen LogP contribution in [0.1, 0.15) is 57.4 Å². The van der Waals surface area contributed by atoms with Crippen molar-refractivity contribution in [1.29, 1.82) is 0 Å². The van der Waals surface area contributed by atoms with Crippen molar-refractivity contribution in [3.63, 3.8) is 0 Å². The molecule has 1 aromatic carbocycles. The Morgan fingerprint density at radius 2 is 1.74 bits per heavy atom. The van der Waals surface area contributed by atoms with Crippen LogP contribution in [0.3, 0.4) is 0 Å². The van der Waals surface area contributed by atoms with E-state index in [1.54, 1.807) is 0 Å². The normalized spacial score (nSPS) is 18.7. The summed E-state index contributed by atoms with van der Waals surface area (Å²) in [6, 6.07) is 7.75. The van der Waals surface area contributed by atoms with Crippen molar-refractivity contribution < 1.29 is 4.79 Å². The van der Waals surface area contributed by atoms with E-state index in [2.05, 4.69) is 0 Å². The molecule has 1 saturated heterocycles. The standard InChI is InChI=1S/C21H27N3O2S/c25-19(23-13-7-2-8-14-23)15-27-21-22-18-12-6-5-11-17(18)20(26)24(21)16-9-3-1-4-10-16/h5-6,11-12,16H,1-4,7-10,13-15H2. The number of aromatic nitrogens is 2. The molecule has 2 aliphatic rings. The van der Waals surface area contributed by atoms with Crippen molar-refractivity contribution in [2.45, 2.75) is 62.6 Å². The van der Waals surface area contributed by atoms with Crippen molar-refractivity contribution >= 4 is 28.6 Å². The average molecular weight is 386 g/mol. The van der Waals surface area contributed by atoms with Crippen molar-refractivity contribution in [1.82, 2.24) is 14.5 Å². The van der Waals surface area contributed by atoms with Crippen LogP contribution in [0.15, 0.2) is 34.2 Å². The van der Waals surface area contributed by atoms with Crippen molar-refractivity contribution in [3.8, 4) is 0 Å². The van der Waals surface area contributed by atoms with Gasteiger partial charge in [-0.05, 0) is 44.2 Å². The van der Waals surface area contributed by atoms with Gasteiger partial charge < -0.3 is 4.90 Å². The number of carbonyl (C=O) groups excluding carboxylic acids is 1. The minimum Gasteiger partial charge on any atom is -0.342 e. The Hall–Kier alpha value is -1.82. The lowest BCUT2D eigenvalue weighted by Gasteiger charge is -2.28. The van der Waals surface area contributed by atoms with Crippen molar-refractivity contribution in [2.75, 3.05) is 18.8 Å². The second kappa shape index (κ2) is 8.46. The Bertz CT molecular complexity index is 867. The lowest BCUT2D eigenvalue weighted by Crippen LogP contribution is -2.37. The van der Waals surface area contributed by atoms with Gasteiger partial charge in [0.25, 0.3) is 5.56 Å². The van der Waals surface area contributed by atoms with Gasteiger partial charge in [-0.15, -0.1) is 0 Å². The van der Waals surface area contributed by atoms with Crippen LogP contribution in [-0.4, -0.2) is 39.2 Å². The lowest BCUT2D eigenvalue weighted by atomic mass is 9.95. The summed E-state index contributed by atoms with van der Waals surface area (Å²) >= 11 is 1.43. The number of fused-ring (bicyclic) bond motifs is 1. The maximum atomic E-state index is 13.2. The van der Waals surface area contributed by atoms with Crippen LogP contribution in [0.25, 0.3) is 10.9 Å². The Balaban J connectivity index is 1.63. The molecule has 144 valence electrons. The lowest BCUT2D eigenvalue weighted by molar-refractivity contribution is -0.129. The summed E-state index contributed by atoms with van der Waals surface area (Å²) < 4.78 is 1.88. The van der Waals surface area contributed by atoms with Gasteiger partial charge in [0.15, 0.2) is 5.16 Å². The zero-order chi connectivity index (χ0) is 18.6. The summed E-state index contributed by atoms with van der Waals surface area (Å²) in [5.41, 5.74) is 0.767. The van der Waals surface area contributed by atoms with Crippen LogP contribution in [0.4, 0.5) is 0 Å². The smallest absolute Gasteiger partial charge is 0.262 e. The van der Waals surface area contributed by atoms with Gasteiger partial charge in [0.1, 0.15) is 0 Å². The van der Waals surface area contributed by atoms with E-state index in [0.29, 0.717) is 16.3 Å². The summed E-state index contributed by atoms with van der Waals surface area (Å²) in [6.45, 7) is 1.72. The van der Waals surface area contributed by atoms with Crippen LogP contribution in [-0.2, 0) is 4.79 Å². The average Bonchev–Trinajstić information content (AvgIpc) is 2.73. The molecule has 0 spiro atoms. The first-order chi connectivity index (χ1) is 13.2. The number of hydrogen-bond donors (Lipinski definition) is 0. The molecule has 27 heavy (non-hydrogen) atoms. The zero-order valence-electron chi connectivity index (χ0n) is 15.7. The molecule has 2 fully saturated rings. The highest BCUT2D eigenvalue weighted by molar-refractivity contribution is 7.99. The Kier molecular flexibility index (Phi) is 5.81. The highest BCUT2D eigenvalue weighted by Crippen LogP contribution is 2.31. The number of para-hydroxylation sites is 1. The minimum absolute atomic E-state index is 0.0421. The molecule has 0 N–H and O–H groups in total. The summed E-state index contributed by atoms with van der Waals surface area (Å²) in [4.78, 5) is 32.5. The van der Waals surface area contributed by atoms with Crippen LogP contribution < -0.4 is 5.56 Å². The molecular weight excluding hydrogens is 358 g/mol. The number of nitrogens with zero attached hydrogens (tertiary/aromatic N) is 3. The summed E-state index contributed by atoms with van der Waals surface area (Å²) in [6.07, 6.45) is 8.99. The molecule has 1 aromatic heterocycles. The second-order valence-electron chi connectivity index (χ2n) is 7.61. The first kappa shape index (κ1) is 18.5. The molecule has 0 unspecified atom stereocenters. The molecule has 1 saturated carbocycles. The first-order valence-corrected chi connectivity index (χ1v) is 11.1. The Morgan fingerprint density at radius 3 is 2.52 bits per heavy atom. The monoisotopic (exact) mass is 385 g/mol. The molecule has 0 radical (unpaired) electrons. The largest absolute Gasteiger partial charge is 0.342 e. The number of amides is 1. The molecular formula is C21H27N3O2S. The Morgan fingerprint density at radius 1 is 1.04 bits per heavy atom. The van der Waals surface area contributed by atoms with E-state index in [1.807, 2.05) is 33.7 Å². The molecule has 5 nitrogen and oxygen atoms in total. The third-order valence-electron chi connectivity index (χ3n) is 5.75. The second-order valence-corrected chi connectivity index (χ2v) is 8.55. The molecule has 1 amide bonds. The van der Waals surface area contributed by atoms with Gasteiger partial charge in [-0.25, -0.2) is 4.98 Å². The van der Waals surface area contributed by atoms with Crippen molar-refractivity contribution in [3.05, 3.63) is 34.6 Å². The van der Waals surface area contributed by atoms with E-state index >= 15 is 0 Å². The Labute approximate surface area is 164 Å². The third kappa shape index (κ3) is 4.05. The van der Waals surface area contributed by atoms with E-state index in [9.17, 15) is 9.59 Å². The highest BCUT2D eigenvalue weighted by atomic mass is 32.2. The molecule has 0 atom stereocenters. The van der Waals surface area contributed by atoms with E-state index in [1.165, 1.54) is 24.6 Å². The number of hydrogen-bond acceptors (Lipinski definition) is 4. The number of carbonyl (C=O) groups is 1. The third-order valence-corrected chi connectivity index (χ3v) is 6.69. The van der Waals surface area contributed by atoms with Crippen molar-refractivity contribution in [2.24, 2.45) is 0 Å². The molecule has 0 bridgehead atoms. The van der Waals surface area contributed by atoms with Gasteiger partial charge in [-0.3, -0.25) is 14.2 Å². The van der Waals surface area contributed by atoms with E-state index < -0.39 is 0 Å². The maximum absolute atomic E-state index is 13.2. The zero-order valence-corrected chi connectivity index (χ0v) is 16.5. The highest BCUT2D eigenvalue weighted by Gasteiger charge is 2.23. The fourth-order valence-electron chi connectivity index (χ4n) is 4.25. The van der Waals surface area contributed by atoms with Crippen LogP contribution in [0.5, 0.6) is 0 Å². The van der Waals surface area contributed by atoms with Gasteiger partial charge in [-0.2, -0.15) is 0 Å². The number of thioether (sulfide) groups is 1. The summed E-state index contributed by atoms with van der Waals surface area (Å²) in [7, 11) is 0. The maximum Gasteiger partial charge on any atom is 0.262 e. The number of rotatable bonds is 4. The predicted octanol–water partition coefficient (Wildman–Crippen LogP) is 4.01. The topological polar surface area (TPSA) is 55.2 Å². The number of benzene rings is 1. The SMILES string of the molecule is O=C(CSc1nc2ccccc2c(=O)n1C1CCCCC1)N1CCCCC1. The predicted molar refractivity (Wildman–Crippen MR) is 109 cm³/mol. The van der Waals surface area contributed by atoms with E-state index in [4.69, 9.17) is 4.98 Å². The van der Waals surface area contributed by atoms with Gasteiger partial charge in [0, 0.05) is 19.1 Å². The fourth-order valence-corrected chi connectivity index (χ4v) is 5.22. The minimum atomic E-state index is 0.0421. The van der Waals surface area contributed by atoms with Gasteiger partial charge in [-0.1, -0.05) is 43.2 Å². The van der Waals surface area contributed by atoms with Gasteiger partial charge in [0.05, 0.1) is 16.7 Å². The number of piperidine rings is 1.